The minimum absolute atomic E-state index is 0.0228. The average Bonchev–Trinajstić information content (AvgIpc) is 2.47. The Hall–Kier alpha value is -0.820. The van der Waals surface area contributed by atoms with Crippen LogP contribution < -0.4 is 10.6 Å². The van der Waals surface area contributed by atoms with Crippen molar-refractivity contribution in [1.29, 1.82) is 0 Å². The van der Waals surface area contributed by atoms with Gasteiger partial charge in [-0.25, -0.2) is 0 Å². The largest absolute Gasteiger partial charge is 0.394 e. The Labute approximate surface area is 135 Å². The lowest BCUT2D eigenvalue weighted by Crippen LogP contribution is -2.50. The summed E-state index contributed by atoms with van der Waals surface area (Å²) in [6.45, 7) is 5.48. The molecule has 0 aromatic heterocycles. The molecule has 1 heterocycles. The van der Waals surface area contributed by atoms with Gasteiger partial charge in [0.1, 0.15) is 4.99 Å². The highest BCUT2D eigenvalue weighted by molar-refractivity contribution is 7.99. The molecular formula is C15H22N2O2S2. The van der Waals surface area contributed by atoms with Gasteiger partial charge in [0, 0.05) is 28.7 Å². The normalized spacial score (nSPS) is 22.3. The number of benzene rings is 1. The Bertz CT molecular complexity index is 510. The van der Waals surface area contributed by atoms with Gasteiger partial charge in [-0.2, -0.15) is 0 Å². The molecule has 2 atom stereocenters. The first-order chi connectivity index (χ1) is 10.1. The van der Waals surface area contributed by atoms with Crippen molar-refractivity contribution in [3.8, 4) is 0 Å². The zero-order valence-corrected chi connectivity index (χ0v) is 14.0. The fraction of sp³-hybridized carbons (Fsp3) is 0.533. The van der Waals surface area contributed by atoms with E-state index in [1.54, 1.807) is 11.8 Å². The Kier molecular flexibility index (Phi) is 5.87. The van der Waals surface area contributed by atoms with Crippen LogP contribution in [0, 0.1) is 0 Å². The number of hydrogen-bond acceptors (Lipinski definition) is 5. The van der Waals surface area contributed by atoms with Crippen molar-refractivity contribution in [1.82, 2.24) is 0 Å². The third kappa shape index (κ3) is 3.69. The van der Waals surface area contributed by atoms with Crippen molar-refractivity contribution in [3.63, 3.8) is 0 Å². The van der Waals surface area contributed by atoms with E-state index in [0.717, 1.165) is 21.9 Å². The molecule has 3 N–H and O–H groups in total. The zero-order valence-electron chi connectivity index (χ0n) is 12.4. The lowest BCUT2D eigenvalue weighted by atomic mass is 10.1. The SMILES string of the molecule is CCSc1cccc(N2CC(CO)OCC2C)c1C(N)=S. The van der Waals surface area contributed by atoms with Crippen LogP contribution in [-0.4, -0.2) is 47.8 Å². The lowest BCUT2D eigenvalue weighted by molar-refractivity contribution is -0.0103. The summed E-state index contributed by atoms with van der Waals surface area (Å²) >= 11 is 7.02. The van der Waals surface area contributed by atoms with Crippen molar-refractivity contribution < 1.29 is 9.84 Å². The summed E-state index contributed by atoms with van der Waals surface area (Å²) in [4.78, 5) is 3.76. The molecule has 0 aliphatic carbocycles. The molecule has 0 radical (unpaired) electrons. The van der Waals surface area contributed by atoms with E-state index < -0.39 is 0 Å². The van der Waals surface area contributed by atoms with Crippen molar-refractivity contribution in [2.45, 2.75) is 30.9 Å². The second-order valence-electron chi connectivity index (χ2n) is 5.09. The monoisotopic (exact) mass is 326 g/mol. The van der Waals surface area contributed by atoms with Crippen LogP contribution in [0.3, 0.4) is 0 Å². The highest BCUT2D eigenvalue weighted by atomic mass is 32.2. The van der Waals surface area contributed by atoms with E-state index in [9.17, 15) is 5.11 Å². The van der Waals surface area contributed by atoms with Gasteiger partial charge in [-0.15, -0.1) is 11.8 Å². The minimum atomic E-state index is -0.164. The van der Waals surface area contributed by atoms with Crippen LogP contribution in [0.25, 0.3) is 0 Å². The molecule has 116 valence electrons. The summed E-state index contributed by atoms with van der Waals surface area (Å²) in [5, 5.41) is 9.35. The molecule has 1 aliphatic rings. The quantitative estimate of drug-likeness (QED) is 0.638. The maximum Gasteiger partial charge on any atom is 0.107 e. The number of thioether (sulfide) groups is 1. The zero-order chi connectivity index (χ0) is 15.4. The summed E-state index contributed by atoms with van der Waals surface area (Å²) in [5.41, 5.74) is 7.95. The Balaban J connectivity index is 2.41. The van der Waals surface area contributed by atoms with E-state index in [4.69, 9.17) is 22.7 Å². The van der Waals surface area contributed by atoms with Crippen LogP contribution in [0.1, 0.15) is 19.4 Å². The van der Waals surface area contributed by atoms with Gasteiger partial charge in [0.05, 0.1) is 19.3 Å². The number of aliphatic hydroxyl groups excluding tert-OH is 1. The third-order valence-electron chi connectivity index (χ3n) is 3.57. The molecule has 0 saturated carbocycles. The molecule has 0 spiro atoms. The van der Waals surface area contributed by atoms with Gasteiger partial charge < -0.3 is 20.5 Å². The van der Waals surface area contributed by atoms with Gasteiger partial charge in [0.2, 0.25) is 0 Å². The topological polar surface area (TPSA) is 58.7 Å². The third-order valence-corrected chi connectivity index (χ3v) is 4.71. The van der Waals surface area contributed by atoms with E-state index in [1.807, 2.05) is 12.1 Å². The number of aliphatic hydroxyl groups is 1. The van der Waals surface area contributed by atoms with Gasteiger partial charge in [-0.1, -0.05) is 25.2 Å². The van der Waals surface area contributed by atoms with Crippen LogP contribution in [0.2, 0.25) is 0 Å². The van der Waals surface area contributed by atoms with Crippen LogP contribution in [0.5, 0.6) is 0 Å². The first-order valence-corrected chi connectivity index (χ1v) is 8.52. The van der Waals surface area contributed by atoms with Crippen molar-refractivity contribution in [3.05, 3.63) is 23.8 Å². The number of nitrogens with two attached hydrogens (primary N) is 1. The van der Waals surface area contributed by atoms with Crippen molar-refractivity contribution >= 4 is 34.7 Å². The molecule has 4 nitrogen and oxygen atoms in total. The molecule has 1 saturated heterocycles. The van der Waals surface area contributed by atoms with E-state index >= 15 is 0 Å². The highest BCUT2D eigenvalue weighted by Gasteiger charge is 2.28. The number of morpholine rings is 1. The fourth-order valence-corrected chi connectivity index (χ4v) is 3.67. The maximum absolute atomic E-state index is 9.35. The summed E-state index contributed by atoms with van der Waals surface area (Å²) in [7, 11) is 0. The Morgan fingerprint density at radius 1 is 1.57 bits per heavy atom. The molecule has 1 aromatic carbocycles. The number of rotatable bonds is 5. The van der Waals surface area contributed by atoms with Crippen LogP contribution in [0.15, 0.2) is 23.1 Å². The van der Waals surface area contributed by atoms with Gasteiger partial charge in [-0.3, -0.25) is 0 Å². The summed E-state index contributed by atoms with van der Waals surface area (Å²) in [6.07, 6.45) is -0.164. The Morgan fingerprint density at radius 3 is 2.95 bits per heavy atom. The lowest BCUT2D eigenvalue weighted by Gasteiger charge is -2.40. The molecule has 1 aromatic rings. The maximum atomic E-state index is 9.35. The summed E-state index contributed by atoms with van der Waals surface area (Å²) in [6, 6.07) is 6.36. The number of hydrogen-bond donors (Lipinski definition) is 2. The number of thiocarbonyl (C=S) groups is 1. The van der Waals surface area contributed by atoms with Crippen LogP contribution in [0.4, 0.5) is 5.69 Å². The van der Waals surface area contributed by atoms with Crippen molar-refractivity contribution in [2.75, 3.05) is 30.4 Å². The molecule has 6 heteroatoms. The van der Waals surface area contributed by atoms with E-state index in [2.05, 4.69) is 24.8 Å². The van der Waals surface area contributed by atoms with Gasteiger partial charge in [0.25, 0.3) is 0 Å². The molecular weight excluding hydrogens is 304 g/mol. The van der Waals surface area contributed by atoms with Gasteiger partial charge >= 0.3 is 0 Å². The Morgan fingerprint density at radius 2 is 2.33 bits per heavy atom. The first kappa shape index (κ1) is 16.5. The molecule has 1 fully saturated rings. The fourth-order valence-electron chi connectivity index (χ4n) is 2.55. The van der Waals surface area contributed by atoms with Crippen LogP contribution >= 0.6 is 24.0 Å². The second-order valence-corrected chi connectivity index (χ2v) is 6.83. The van der Waals surface area contributed by atoms with E-state index in [-0.39, 0.29) is 18.8 Å². The standard InChI is InChI=1S/C15H22N2O2S2/c1-3-21-13-6-4-5-12(14(13)15(16)20)17-7-11(8-18)19-9-10(17)2/h4-6,10-11,18H,3,7-9H2,1-2H3,(H2,16,20). The molecule has 2 unspecified atom stereocenters. The molecule has 0 amide bonds. The first-order valence-electron chi connectivity index (χ1n) is 7.13. The second kappa shape index (κ2) is 7.45. The predicted octanol–water partition coefficient (Wildman–Crippen LogP) is 2.02. The predicted molar refractivity (Wildman–Crippen MR) is 92.4 cm³/mol. The molecule has 2 rings (SSSR count). The van der Waals surface area contributed by atoms with Crippen molar-refractivity contribution in [2.24, 2.45) is 5.73 Å². The molecule has 21 heavy (non-hydrogen) atoms. The average molecular weight is 326 g/mol. The van der Waals surface area contributed by atoms with E-state index in [1.165, 1.54) is 0 Å². The number of nitrogens with zero attached hydrogens (tertiary/aromatic N) is 1. The summed E-state index contributed by atoms with van der Waals surface area (Å²) in [5.74, 6) is 0.969. The van der Waals surface area contributed by atoms with E-state index in [0.29, 0.717) is 18.1 Å². The number of ether oxygens (including phenoxy) is 1. The number of anilines is 1. The van der Waals surface area contributed by atoms with Crippen LogP contribution in [-0.2, 0) is 4.74 Å². The minimum Gasteiger partial charge on any atom is -0.394 e. The molecule has 0 bridgehead atoms. The van der Waals surface area contributed by atoms with Gasteiger partial charge in [-0.05, 0) is 24.8 Å². The smallest absolute Gasteiger partial charge is 0.107 e. The summed E-state index contributed by atoms with van der Waals surface area (Å²) < 4.78 is 5.61. The highest BCUT2D eigenvalue weighted by Crippen LogP contribution is 2.33. The molecule has 1 aliphatic heterocycles. The van der Waals surface area contributed by atoms with Gasteiger partial charge in [0.15, 0.2) is 0 Å².